The lowest BCUT2D eigenvalue weighted by Crippen LogP contribution is -2.35. The molecule has 0 saturated heterocycles. The highest BCUT2D eigenvalue weighted by atomic mass is 32.2. The molecule has 0 radical (unpaired) electrons. The lowest BCUT2D eigenvalue weighted by atomic mass is 10.1. The van der Waals surface area contributed by atoms with Crippen LogP contribution in [0.3, 0.4) is 0 Å². The first-order valence-electron chi connectivity index (χ1n) is 15.8. The molecule has 1 heterocycles. The van der Waals surface area contributed by atoms with Crippen LogP contribution >= 0.6 is 7.82 Å². The Labute approximate surface area is 302 Å². The van der Waals surface area contributed by atoms with Crippen LogP contribution in [-0.4, -0.2) is 59.2 Å². The summed E-state index contributed by atoms with van der Waals surface area (Å²) >= 11 is 0. The highest BCUT2D eigenvalue weighted by Gasteiger charge is 2.46. The number of phosphoric acid groups is 1. The summed E-state index contributed by atoms with van der Waals surface area (Å²) in [6.45, 7) is -1.59. The van der Waals surface area contributed by atoms with E-state index in [2.05, 4.69) is 0 Å². The number of carbonyl (C=O) groups is 1. The second kappa shape index (κ2) is 17.0. The van der Waals surface area contributed by atoms with Gasteiger partial charge in [-0.05, 0) is 46.5 Å². The fraction of sp³-hybridized carbons (Fsp3) is 0.250. The van der Waals surface area contributed by atoms with Crippen LogP contribution in [0.15, 0.2) is 131 Å². The lowest BCUT2D eigenvalue weighted by Gasteiger charge is -2.27. The molecule has 13 nitrogen and oxygen atoms in total. The van der Waals surface area contributed by atoms with E-state index in [1.54, 1.807) is 60.7 Å². The maximum Gasteiger partial charge on any atom is 0.475 e. The lowest BCUT2D eigenvalue weighted by molar-refractivity contribution is -0.148. The third-order valence-electron chi connectivity index (χ3n) is 7.63. The minimum Gasteiger partial charge on any atom is -0.485 e. The molecule has 16 heteroatoms. The molecule has 0 amide bonds. The predicted octanol–water partition coefficient (Wildman–Crippen LogP) is 5.28. The zero-order chi connectivity index (χ0) is 37.4. The normalized spacial score (nSPS) is 15.7. The van der Waals surface area contributed by atoms with Gasteiger partial charge in [0.25, 0.3) is 0 Å². The first kappa shape index (κ1) is 38.9. The fourth-order valence-electron chi connectivity index (χ4n) is 4.86. The van der Waals surface area contributed by atoms with Crippen LogP contribution in [0.4, 0.5) is 0 Å². The average molecular weight is 773 g/mol. The van der Waals surface area contributed by atoms with Gasteiger partial charge in [-0.3, -0.25) is 13.6 Å². The number of aliphatic hydroxyl groups is 1. The molecular formula is C36H37O13PS2. The number of carbonyl (C=O) groups excluding carboxylic acids is 1. The number of cyclic esters (lactones) is 1. The van der Waals surface area contributed by atoms with Crippen LogP contribution in [0.1, 0.15) is 22.3 Å². The Morgan fingerprint density at radius 1 is 0.654 bits per heavy atom. The molecule has 0 aromatic heterocycles. The number of esters is 1. The van der Waals surface area contributed by atoms with Gasteiger partial charge >= 0.3 is 13.8 Å². The van der Waals surface area contributed by atoms with Crippen molar-refractivity contribution in [3.63, 3.8) is 0 Å². The first-order chi connectivity index (χ1) is 24.7. The second-order valence-electron chi connectivity index (χ2n) is 11.7. The van der Waals surface area contributed by atoms with Gasteiger partial charge in [-0.1, -0.05) is 84.9 Å². The summed E-state index contributed by atoms with van der Waals surface area (Å²) in [5.74, 6) is -1.56. The van der Waals surface area contributed by atoms with Gasteiger partial charge in [0.15, 0.2) is 31.5 Å². The molecule has 1 aliphatic rings. The molecule has 0 fully saturated rings. The van der Waals surface area contributed by atoms with Crippen LogP contribution in [0.2, 0.25) is 0 Å². The largest absolute Gasteiger partial charge is 0.485 e. The van der Waals surface area contributed by atoms with Crippen LogP contribution in [0.5, 0.6) is 0 Å². The summed E-state index contributed by atoms with van der Waals surface area (Å²) in [7, 11) is -11.4. The minimum absolute atomic E-state index is 0.0918. The molecule has 276 valence electrons. The van der Waals surface area contributed by atoms with E-state index in [0.29, 0.717) is 22.3 Å². The summed E-state index contributed by atoms with van der Waals surface area (Å²) < 4.78 is 96.5. The van der Waals surface area contributed by atoms with Crippen LogP contribution in [0.25, 0.3) is 0 Å². The predicted molar refractivity (Wildman–Crippen MR) is 188 cm³/mol. The Balaban J connectivity index is 1.42. The quantitative estimate of drug-likeness (QED) is 0.102. The molecule has 1 aliphatic heterocycles. The summed E-state index contributed by atoms with van der Waals surface area (Å²) in [5, 5.41) is 10.5. The summed E-state index contributed by atoms with van der Waals surface area (Å²) in [6, 6.07) is 29.4. The van der Waals surface area contributed by atoms with E-state index < -0.39 is 52.3 Å². The van der Waals surface area contributed by atoms with Crippen molar-refractivity contribution in [2.45, 2.75) is 48.4 Å². The molecule has 0 saturated carbocycles. The number of ether oxygens (including phenoxy) is 3. The van der Waals surface area contributed by atoms with Gasteiger partial charge in [0.1, 0.15) is 19.3 Å². The number of hydrogen-bond acceptors (Lipinski definition) is 13. The number of sulfone groups is 2. The van der Waals surface area contributed by atoms with Gasteiger partial charge in [0.2, 0.25) is 5.76 Å². The number of hydrogen-bond donors (Lipinski definition) is 1. The van der Waals surface area contributed by atoms with E-state index >= 15 is 0 Å². The molecule has 4 aromatic carbocycles. The van der Waals surface area contributed by atoms with E-state index in [9.17, 15) is 31.3 Å². The smallest absolute Gasteiger partial charge is 0.475 e. The highest BCUT2D eigenvalue weighted by Crippen LogP contribution is 2.53. The van der Waals surface area contributed by atoms with E-state index in [4.69, 9.17) is 27.8 Å². The zero-order valence-corrected chi connectivity index (χ0v) is 30.7. The van der Waals surface area contributed by atoms with Gasteiger partial charge in [0, 0.05) is 12.5 Å². The van der Waals surface area contributed by atoms with E-state index in [1.165, 1.54) is 48.5 Å². The highest BCUT2D eigenvalue weighted by molar-refractivity contribution is 7.91. The number of benzene rings is 4. The van der Waals surface area contributed by atoms with Gasteiger partial charge in [-0.2, -0.15) is 0 Å². The molecule has 0 spiro atoms. The van der Waals surface area contributed by atoms with Crippen molar-refractivity contribution >= 4 is 33.5 Å². The standard InChI is InChI=1S/C36H37O13PS2/c1-51(40,41)30-17-13-28(14-18-30)22-44-34-33(48-36(38)35(34)45-23-29-15-19-31(20-16-29)52(2,42)43)32(21-37)49-50(39,46-24-26-9-5-3-6-10-26)47-25-27-11-7-4-8-12-27/h3-20,32-33,37H,21-25H2,1-2H3/t32-,33+/m0/s1. The Morgan fingerprint density at radius 3 is 1.50 bits per heavy atom. The van der Waals surface area contributed by atoms with Crippen LogP contribution < -0.4 is 0 Å². The van der Waals surface area contributed by atoms with Crippen molar-refractivity contribution in [1.29, 1.82) is 0 Å². The van der Waals surface area contributed by atoms with E-state index in [1.807, 2.05) is 0 Å². The molecule has 0 bridgehead atoms. The SMILES string of the molecule is CS(=O)(=O)c1ccc(COC2=C(OCc3ccc(S(C)(=O)=O)cc3)[C@@H]([C@H](CO)OP(=O)(OCc3ccccc3)OCc3ccccc3)OC2=O)cc1. The molecular weight excluding hydrogens is 735 g/mol. The molecule has 52 heavy (non-hydrogen) atoms. The minimum atomic E-state index is -4.50. The molecule has 0 aliphatic carbocycles. The van der Waals surface area contributed by atoms with Gasteiger partial charge in [-0.25, -0.2) is 26.2 Å². The maximum absolute atomic E-state index is 14.2. The van der Waals surface area contributed by atoms with Crippen molar-refractivity contribution in [1.82, 2.24) is 0 Å². The summed E-state index contributed by atoms with van der Waals surface area (Å²) in [4.78, 5) is 13.5. The maximum atomic E-state index is 14.2. The van der Waals surface area contributed by atoms with Crippen molar-refractivity contribution < 1.29 is 59.1 Å². The van der Waals surface area contributed by atoms with Gasteiger partial charge < -0.3 is 19.3 Å². The first-order valence-corrected chi connectivity index (χ1v) is 21.0. The molecule has 5 rings (SSSR count). The number of rotatable bonds is 18. The topological polar surface area (TPSA) is 178 Å². The fourth-order valence-corrected chi connectivity index (χ4v) is 7.44. The Hall–Kier alpha value is -4.34. The van der Waals surface area contributed by atoms with Crippen molar-refractivity contribution in [2.24, 2.45) is 0 Å². The Kier molecular flexibility index (Phi) is 12.7. The monoisotopic (exact) mass is 772 g/mol. The molecule has 1 N–H and O–H groups in total. The van der Waals surface area contributed by atoms with E-state index in [-0.39, 0.29) is 47.7 Å². The van der Waals surface area contributed by atoms with Gasteiger partial charge in [0.05, 0.1) is 29.6 Å². The summed E-state index contributed by atoms with van der Waals surface area (Å²) in [6.07, 6.45) is -0.883. The van der Waals surface area contributed by atoms with Crippen LogP contribution in [0, 0.1) is 0 Å². The van der Waals surface area contributed by atoms with Crippen molar-refractivity contribution in [3.05, 3.63) is 143 Å². The van der Waals surface area contributed by atoms with E-state index in [0.717, 1.165) is 12.5 Å². The van der Waals surface area contributed by atoms with Crippen molar-refractivity contribution in [2.75, 3.05) is 19.1 Å². The Morgan fingerprint density at radius 2 is 1.08 bits per heavy atom. The zero-order valence-electron chi connectivity index (χ0n) is 28.2. The average Bonchev–Trinajstić information content (AvgIpc) is 3.45. The third kappa shape index (κ3) is 10.6. The van der Waals surface area contributed by atoms with Crippen molar-refractivity contribution in [3.8, 4) is 0 Å². The number of aliphatic hydroxyl groups excluding tert-OH is 1. The Bertz CT molecular complexity index is 2070. The molecule has 2 atom stereocenters. The third-order valence-corrected chi connectivity index (χ3v) is 11.3. The van der Waals surface area contributed by atoms with Gasteiger partial charge in [-0.15, -0.1) is 0 Å². The molecule has 4 aromatic rings. The molecule has 0 unspecified atom stereocenters. The second-order valence-corrected chi connectivity index (χ2v) is 17.4. The number of phosphoric ester groups is 1. The van der Waals surface area contributed by atoms with Crippen LogP contribution in [-0.2, 0) is 83.2 Å². The summed E-state index contributed by atoms with van der Waals surface area (Å²) in [5.41, 5.74) is 2.34.